The highest BCUT2D eigenvalue weighted by Gasteiger charge is 2.21. The van der Waals surface area contributed by atoms with Gasteiger partial charge in [-0.05, 0) is 30.9 Å². The fraction of sp³-hybridized carbons (Fsp3) is 0.538. The zero-order chi connectivity index (χ0) is 12.3. The summed E-state index contributed by atoms with van der Waals surface area (Å²) in [6, 6.07) is 3.48. The van der Waals surface area contributed by atoms with Crippen LogP contribution in [0, 0.1) is 5.92 Å². The van der Waals surface area contributed by atoms with Crippen molar-refractivity contribution in [3.63, 3.8) is 0 Å². The Morgan fingerprint density at radius 2 is 2.24 bits per heavy atom. The van der Waals surface area contributed by atoms with Gasteiger partial charge in [-0.25, -0.2) is 4.98 Å². The lowest BCUT2D eigenvalue weighted by atomic mass is 10.1. The average Bonchev–Trinajstić information content (AvgIpc) is 2.81. The van der Waals surface area contributed by atoms with Crippen LogP contribution in [0.1, 0.15) is 36.0 Å². The average molecular weight is 233 g/mol. The first-order valence-corrected chi connectivity index (χ1v) is 6.14. The van der Waals surface area contributed by atoms with Crippen LogP contribution in [0.5, 0.6) is 0 Å². The molecule has 2 N–H and O–H groups in total. The van der Waals surface area contributed by atoms with Crippen molar-refractivity contribution < 1.29 is 4.79 Å². The van der Waals surface area contributed by atoms with Gasteiger partial charge >= 0.3 is 0 Å². The van der Waals surface area contributed by atoms with Crippen LogP contribution in [0.15, 0.2) is 18.3 Å². The molecular formula is C13H19N3O. The summed E-state index contributed by atoms with van der Waals surface area (Å²) in [6.07, 6.45) is 6.66. The highest BCUT2D eigenvalue weighted by atomic mass is 16.2. The molecule has 2 rings (SSSR count). The van der Waals surface area contributed by atoms with Crippen molar-refractivity contribution in [3.8, 4) is 0 Å². The third kappa shape index (κ3) is 2.75. The van der Waals surface area contributed by atoms with Crippen LogP contribution in [-0.4, -0.2) is 29.4 Å². The van der Waals surface area contributed by atoms with Gasteiger partial charge in [0.2, 0.25) is 0 Å². The van der Waals surface area contributed by atoms with Gasteiger partial charge < -0.3 is 10.6 Å². The van der Waals surface area contributed by atoms with E-state index >= 15 is 0 Å². The second-order valence-electron chi connectivity index (χ2n) is 4.77. The minimum Gasteiger partial charge on any atom is -0.383 e. The molecule has 1 aliphatic rings. The molecule has 0 unspecified atom stereocenters. The zero-order valence-corrected chi connectivity index (χ0v) is 10.2. The van der Waals surface area contributed by atoms with Crippen molar-refractivity contribution >= 4 is 11.7 Å². The zero-order valence-electron chi connectivity index (χ0n) is 10.2. The Morgan fingerprint density at radius 3 is 2.88 bits per heavy atom. The van der Waals surface area contributed by atoms with Crippen molar-refractivity contribution in [2.75, 3.05) is 19.3 Å². The maximum Gasteiger partial charge on any atom is 0.257 e. The predicted molar refractivity (Wildman–Crippen MR) is 67.6 cm³/mol. The smallest absolute Gasteiger partial charge is 0.257 e. The van der Waals surface area contributed by atoms with Crippen LogP contribution >= 0.6 is 0 Å². The Morgan fingerprint density at radius 1 is 1.53 bits per heavy atom. The fourth-order valence-electron chi connectivity index (χ4n) is 2.47. The van der Waals surface area contributed by atoms with Gasteiger partial charge in [0.25, 0.3) is 5.91 Å². The van der Waals surface area contributed by atoms with Crippen LogP contribution in [0.25, 0.3) is 0 Å². The summed E-state index contributed by atoms with van der Waals surface area (Å²) in [6.45, 7) is 0.827. The summed E-state index contributed by atoms with van der Waals surface area (Å²) < 4.78 is 0. The Bertz CT molecular complexity index is 399. The third-order valence-electron chi connectivity index (χ3n) is 3.42. The van der Waals surface area contributed by atoms with E-state index < -0.39 is 0 Å². The van der Waals surface area contributed by atoms with Crippen molar-refractivity contribution in [2.45, 2.75) is 25.7 Å². The molecule has 0 bridgehead atoms. The number of amides is 1. The van der Waals surface area contributed by atoms with Crippen molar-refractivity contribution in [3.05, 3.63) is 23.9 Å². The van der Waals surface area contributed by atoms with E-state index in [1.54, 1.807) is 23.2 Å². The number of pyridine rings is 1. The Kier molecular flexibility index (Phi) is 3.61. The van der Waals surface area contributed by atoms with E-state index in [0.717, 1.165) is 6.54 Å². The molecule has 0 saturated heterocycles. The summed E-state index contributed by atoms with van der Waals surface area (Å²) in [4.78, 5) is 17.9. The Labute approximate surface area is 102 Å². The maximum atomic E-state index is 12.2. The summed E-state index contributed by atoms with van der Waals surface area (Å²) in [7, 11) is 1.84. The molecular weight excluding hydrogens is 214 g/mol. The predicted octanol–water partition coefficient (Wildman–Crippen LogP) is 1.93. The second-order valence-corrected chi connectivity index (χ2v) is 4.77. The van der Waals surface area contributed by atoms with E-state index in [-0.39, 0.29) is 5.91 Å². The van der Waals surface area contributed by atoms with E-state index in [2.05, 4.69) is 4.98 Å². The molecule has 4 heteroatoms. The normalized spacial score (nSPS) is 16.1. The molecule has 4 nitrogen and oxygen atoms in total. The molecule has 1 saturated carbocycles. The number of hydrogen-bond donors (Lipinski definition) is 1. The first-order valence-electron chi connectivity index (χ1n) is 6.14. The number of hydrogen-bond acceptors (Lipinski definition) is 3. The van der Waals surface area contributed by atoms with E-state index in [4.69, 9.17) is 5.73 Å². The standard InChI is InChI=1S/C13H19N3O/c1-16(9-10-5-2-3-6-10)13(17)11-7-4-8-15-12(11)14/h4,7-8,10H,2-3,5-6,9H2,1H3,(H2,14,15). The molecule has 1 fully saturated rings. The summed E-state index contributed by atoms with van der Waals surface area (Å²) in [5.41, 5.74) is 6.22. The van der Waals surface area contributed by atoms with Gasteiger partial charge in [0, 0.05) is 19.8 Å². The van der Waals surface area contributed by atoms with Crippen LogP contribution in [-0.2, 0) is 0 Å². The number of rotatable bonds is 3. The molecule has 0 radical (unpaired) electrons. The number of carbonyl (C=O) groups is 1. The molecule has 0 spiro atoms. The molecule has 1 aromatic heterocycles. The fourth-order valence-corrected chi connectivity index (χ4v) is 2.47. The molecule has 0 aliphatic heterocycles. The van der Waals surface area contributed by atoms with Crippen molar-refractivity contribution in [1.82, 2.24) is 9.88 Å². The minimum absolute atomic E-state index is 0.0255. The molecule has 1 aliphatic carbocycles. The van der Waals surface area contributed by atoms with E-state index in [0.29, 0.717) is 17.3 Å². The first kappa shape index (κ1) is 11.9. The molecule has 1 aromatic rings. The van der Waals surface area contributed by atoms with Gasteiger partial charge in [-0.2, -0.15) is 0 Å². The Hall–Kier alpha value is -1.58. The number of nitrogens with zero attached hydrogens (tertiary/aromatic N) is 2. The number of nitrogens with two attached hydrogens (primary N) is 1. The van der Waals surface area contributed by atoms with Gasteiger partial charge in [0.15, 0.2) is 0 Å². The lowest BCUT2D eigenvalue weighted by Gasteiger charge is -2.21. The highest BCUT2D eigenvalue weighted by Crippen LogP contribution is 2.25. The summed E-state index contributed by atoms with van der Waals surface area (Å²) in [5.74, 6) is 0.945. The van der Waals surface area contributed by atoms with Crippen molar-refractivity contribution in [1.29, 1.82) is 0 Å². The lowest BCUT2D eigenvalue weighted by molar-refractivity contribution is 0.0774. The molecule has 0 atom stereocenters. The molecule has 1 amide bonds. The van der Waals surface area contributed by atoms with E-state index in [1.807, 2.05) is 7.05 Å². The van der Waals surface area contributed by atoms with Crippen LogP contribution in [0.2, 0.25) is 0 Å². The minimum atomic E-state index is -0.0255. The summed E-state index contributed by atoms with van der Waals surface area (Å²) >= 11 is 0. The van der Waals surface area contributed by atoms with Crippen LogP contribution in [0.3, 0.4) is 0 Å². The SMILES string of the molecule is CN(CC1CCCC1)C(=O)c1cccnc1N. The number of aromatic nitrogens is 1. The number of nitrogen functional groups attached to an aromatic ring is 1. The monoisotopic (exact) mass is 233 g/mol. The van der Waals surface area contributed by atoms with Crippen LogP contribution in [0.4, 0.5) is 5.82 Å². The van der Waals surface area contributed by atoms with Gasteiger partial charge in [-0.3, -0.25) is 4.79 Å². The molecule has 0 aromatic carbocycles. The highest BCUT2D eigenvalue weighted by molar-refractivity contribution is 5.98. The van der Waals surface area contributed by atoms with Gasteiger partial charge in [-0.1, -0.05) is 12.8 Å². The molecule has 1 heterocycles. The number of anilines is 1. The molecule has 17 heavy (non-hydrogen) atoms. The van der Waals surface area contributed by atoms with Gasteiger partial charge in [0.1, 0.15) is 5.82 Å². The topological polar surface area (TPSA) is 59.2 Å². The largest absolute Gasteiger partial charge is 0.383 e. The summed E-state index contributed by atoms with van der Waals surface area (Å²) in [5, 5.41) is 0. The van der Waals surface area contributed by atoms with Crippen molar-refractivity contribution in [2.24, 2.45) is 5.92 Å². The van der Waals surface area contributed by atoms with Crippen LogP contribution < -0.4 is 5.73 Å². The molecule has 92 valence electrons. The maximum absolute atomic E-state index is 12.2. The third-order valence-corrected chi connectivity index (χ3v) is 3.42. The van der Waals surface area contributed by atoms with E-state index in [9.17, 15) is 4.79 Å². The first-order chi connectivity index (χ1) is 8.18. The lowest BCUT2D eigenvalue weighted by Crippen LogP contribution is -2.31. The second kappa shape index (κ2) is 5.17. The van der Waals surface area contributed by atoms with E-state index in [1.165, 1.54) is 25.7 Å². The van der Waals surface area contributed by atoms with Gasteiger partial charge in [0.05, 0.1) is 5.56 Å². The Balaban J connectivity index is 2.01. The van der Waals surface area contributed by atoms with Gasteiger partial charge in [-0.15, -0.1) is 0 Å². The quantitative estimate of drug-likeness (QED) is 0.867. The number of carbonyl (C=O) groups excluding carboxylic acids is 1.